The highest BCUT2D eigenvalue weighted by molar-refractivity contribution is 5.98. The van der Waals surface area contributed by atoms with E-state index in [1.54, 1.807) is 16.9 Å². The largest absolute Gasteiger partial charge is 0.449 e. The highest BCUT2D eigenvalue weighted by Crippen LogP contribution is 2.18. The predicted octanol–water partition coefficient (Wildman–Crippen LogP) is 3.10. The van der Waals surface area contributed by atoms with Crippen LogP contribution >= 0.6 is 0 Å². The first kappa shape index (κ1) is 19.9. The van der Waals surface area contributed by atoms with Crippen molar-refractivity contribution in [1.82, 2.24) is 14.8 Å². The molecular weight excluding hydrogens is 378 g/mol. The molecule has 0 bridgehead atoms. The fraction of sp³-hybridized carbons (Fsp3) is 0.263. The first-order chi connectivity index (χ1) is 13.8. The number of nitro benzene ring substituents is 1. The summed E-state index contributed by atoms with van der Waals surface area (Å²) in [6.07, 6.45) is 1.92. The molecule has 0 saturated carbocycles. The minimum atomic E-state index is -1.08. The van der Waals surface area contributed by atoms with E-state index in [4.69, 9.17) is 4.74 Å². The molecule has 2 heterocycles. The number of nitrogens with one attached hydrogen (secondary N) is 1. The number of rotatable bonds is 6. The number of pyridine rings is 1. The minimum Gasteiger partial charge on any atom is -0.449 e. The molecular formula is C19H19N5O5. The highest BCUT2D eigenvalue weighted by atomic mass is 16.6. The second-order valence-corrected chi connectivity index (χ2v) is 6.66. The van der Waals surface area contributed by atoms with Crippen LogP contribution in [-0.4, -0.2) is 37.7 Å². The second kappa shape index (κ2) is 8.05. The molecule has 29 heavy (non-hydrogen) atoms. The molecule has 0 spiro atoms. The zero-order valence-corrected chi connectivity index (χ0v) is 16.0. The molecule has 150 valence electrons. The average molecular weight is 397 g/mol. The molecule has 10 nitrogen and oxygen atoms in total. The van der Waals surface area contributed by atoms with Crippen molar-refractivity contribution in [3.05, 3.63) is 58.4 Å². The number of nitrogens with zero attached hydrogens (tertiary/aromatic N) is 4. The first-order valence-electron chi connectivity index (χ1n) is 8.86. The van der Waals surface area contributed by atoms with E-state index < -0.39 is 22.9 Å². The van der Waals surface area contributed by atoms with Gasteiger partial charge in [-0.1, -0.05) is 0 Å². The Balaban J connectivity index is 1.65. The van der Waals surface area contributed by atoms with Gasteiger partial charge in [-0.25, -0.2) is 14.5 Å². The molecule has 0 aliphatic heterocycles. The maximum atomic E-state index is 12.4. The zero-order valence-electron chi connectivity index (χ0n) is 16.0. The topological polar surface area (TPSA) is 129 Å². The van der Waals surface area contributed by atoms with Crippen LogP contribution < -0.4 is 5.32 Å². The van der Waals surface area contributed by atoms with Crippen LogP contribution in [0.25, 0.3) is 11.0 Å². The van der Waals surface area contributed by atoms with Crippen LogP contribution in [0.3, 0.4) is 0 Å². The van der Waals surface area contributed by atoms with Gasteiger partial charge in [0.05, 0.1) is 16.7 Å². The molecule has 1 unspecified atom stereocenters. The third-order valence-electron chi connectivity index (χ3n) is 4.16. The SMILES string of the molecule is CC(OC(=O)c1cnc2c(cnn2C(C)C)c1)C(=O)Nc1ccc([N+](=O)[O-])cc1. The summed E-state index contributed by atoms with van der Waals surface area (Å²) in [4.78, 5) is 39.0. The Morgan fingerprint density at radius 1 is 1.17 bits per heavy atom. The number of aromatic nitrogens is 3. The van der Waals surface area contributed by atoms with Crippen LogP contribution in [0.5, 0.6) is 0 Å². The van der Waals surface area contributed by atoms with Gasteiger partial charge < -0.3 is 10.1 Å². The third kappa shape index (κ3) is 4.37. The lowest BCUT2D eigenvalue weighted by Gasteiger charge is -2.13. The molecule has 2 aromatic heterocycles. The van der Waals surface area contributed by atoms with Crippen LogP contribution in [0.4, 0.5) is 11.4 Å². The van der Waals surface area contributed by atoms with Crippen molar-refractivity contribution < 1.29 is 19.2 Å². The summed E-state index contributed by atoms with van der Waals surface area (Å²) >= 11 is 0. The summed E-state index contributed by atoms with van der Waals surface area (Å²) < 4.78 is 6.95. The molecule has 1 amide bonds. The summed E-state index contributed by atoms with van der Waals surface area (Å²) in [5.41, 5.74) is 1.12. The first-order valence-corrected chi connectivity index (χ1v) is 8.86. The molecule has 3 rings (SSSR count). The Bertz CT molecular complexity index is 1070. The van der Waals surface area contributed by atoms with Gasteiger partial charge in [0.25, 0.3) is 11.6 Å². The van der Waals surface area contributed by atoms with Crippen LogP contribution in [0, 0.1) is 10.1 Å². The number of carbonyl (C=O) groups excluding carboxylic acids is 2. The van der Waals surface area contributed by atoms with E-state index in [0.717, 1.165) is 0 Å². The molecule has 1 atom stereocenters. The standard InChI is InChI=1S/C19H19N5O5/c1-11(2)23-17-13(10-21-23)8-14(9-20-17)19(26)29-12(3)18(25)22-15-4-6-16(7-5-15)24(27)28/h4-12H,1-3H3,(H,22,25). The number of carbonyl (C=O) groups is 2. The van der Waals surface area contributed by atoms with E-state index >= 15 is 0 Å². The molecule has 1 N–H and O–H groups in total. The van der Waals surface area contributed by atoms with Crippen molar-refractivity contribution in [3.8, 4) is 0 Å². The fourth-order valence-electron chi connectivity index (χ4n) is 2.62. The lowest BCUT2D eigenvalue weighted by molar-refractivity contribution is -0.384. The summed E-state index contributed by atoms with van der Waals surface area (Å²) in [6, 6.07) is 7.07. The number of hydrogen-bond acceptors (Lipinski definition) is 7. The van der Waals surface area contributed by atoms with Crippen molar-refractivity contribution in [2.45, 2.75) is 32.9 Å². The zero-order chi connectivity index (χ0) is 21.1. The maximum Gasteiger partial charge on any atom is 0.340 e. The Morgan fingerprint density at radius 2 is 1.86 bits per heavy atom. The van der Waals surface area contributed by atoms with Gasteiger partial charge in [0.1, 0.15) is 0 Å². The molecule has 0 radical (unpaired) electrons. The lowest BCUT2D eigenvalue weighted by Crippen LogP contribution is -2.30. The molecule has 0 aliphatic rings. The molecule has 0 saturated heterocycles. The average Bonchev–Trinajstić information content (AvgIpc) is 3.11. The highest BCUT2D eigenvalue weighted by Gasteiger charge is 2.20. The normalized spacial score (nSPS) is 12.0. The second-order valence-electron chi connectivity index (χ2n) is 6.66. The minimum absolute atomic E-state index is 0.0915. The van der Waals surface area contributed by atoms with Gasteiger partial charge in [-0.2, -0.15) is 5.10 Å². The van der Waals surface area contributed by atoms with E-state index in [-0.39, 0.29) is 17.3 Å². The van der Waals surface area contributed by atoms with Crippen molar-refractivity contribution in [3.63, 3.8) is 0 Å². The van der Waals surface area contributed by atoms with Crippen molar-refractivity contribution in [1.29, 1.82) is 0 Å². The fourth-order valence-corrected chi connectivity index (χ4v) is 2.62. The van der Waals surface area contributed by atoms with E-state index in [9.17, 15) is 19.7 Å². The molecule has 0 fully saturated rings. The monoisotopic (exact) mass is 397 g/mol. The number of nitro groups is 1. The number of hydrogen-bond donors (Lipinski definition) is 1. The van der Waals surface area contributed by atoms with E-state index in [0.29, 0.717) is 16.7 Å². The van der Waals surface area contributed by atoms with Crippen LogP contribution in [-0.2, 0) is 9.53 Å². The number of fused-ring (bicyclic) bond motifs is 1. The van der Waals surface area contributed by atoms with Crippen molar-refractivity contribution >= 4 is 34.3 Å². The Labute approximate surface area is 165 Å². The smallest absolute Gasteiger partial charge is 0.340 e. The molecule has 10 heteroatoms. The van der Waals surface area contributed by atoms with Gasteiger partial charge in [0, 0.05) is 35.4 Å². The quantitative estimate of drug-likeness (QED) is 0.384. The van der Waals surface area contributed by atoms with Crippen LogP contribution in [0.2, 0.25) is 0 Å². The third-order valence-corrected chi connectivity index (χ3v) is 4.16. The summed E-state index contributed by atoms with van der Waals surface area (Å²) in [5.74, 6) is -1.25. The number of amides is 1. The van der Waals surface area contributed by atoms with Gasteiger partial charge in [-0.05, 0) is 39.0 Å². The van der Waals surface area contributed by atoms with Crippen LogP contribution in [0.15, 0.2) is 42.7 Å². The number of ether oxygens (including phenoxy) is 1. The van der Waals surface area contributed by atoms with Gasteiger partial charge in [0.2, 0.25) is 0 Å². The van der Waals surface area contributed by atoms with Crippen LogP contribution in [0.1, 0.15) is 37.2 Å². The summed E-state index contributed by atoms with van der Waals surface area (Å²) in [7, 11) is 0. The molecule has 3 aromatic rings. The number of non-ortho nitro benzene ring substituents is 1. The lowest BCUT2D eigenvalue weighted by atomic mass is 10.2. The van der Waals surface area contributed by atoms with Gasteiger partial charge >= 0.3 is 5.97 Å². The summed E-state index contributed by atoms with van der Waals surface area (Å²) in [5, 5.41) is 18.1. The maximum absolute atomic E-state index is 12.4. The van der Waals surface area contributed by atoms with Gasteiger partial charge in [0.15, 0.2) is 11.8 Å². The van der Waals surface area contributed by atoms with Crippen molar-refractivity contribution in [2.75, 3.05) is 5.32 Å². The molecule has 1 aromatic carbocycles. The Morgan fingerprint density at radius 3 is 2.48 bits per heavy atom. The number of anilines is 1. The van der Waals surface area contributed by atoms with E-state index in [2.05, 4.69) is 15.4 Å². The summed E-state index contributed by atoms with van der Waals surface area (Å²) in [6.45, 7) is 5.38. The Kier molecular flexibility index (Phi) is 5.53. The van der Waals surface area contributed by atoms with Gasteiger partial charge in [-0.15, -0.1) is 0 Å². The number of esters is 1. The van der Waals surface area contributed by atoms with Gasteiger partial charge in [-0.3, -0.25) is 14.9 Å². The van der Waals surface area contributed by atoms with E-state index in [1.807, 2.05) is 13.8 Å². The van der Waals surface area contributed by atoms with Crippen molar-refractivity contribution in [2.24, 2.45) is 0 Å². The number of benzene rings is 1. The predicted molar refractivity (Wildman–Crippen MR) is 105 cm³/mol. The Hall–Kier alpha value is -3.82. The molecule has 0 aliphatic carbocycles. The van der Waals surface area contributed by atoms with E-state index in [1.165, 1.54) is 37.4 Å².